The molecule has 0 aliphatic rings. The molecule has 84 valence electrons. The molecule has 0 atom stereocenters. The smallest absolute Gasteiger partial charge is 0.0225 e. The lowest BCUT2D eigenvalue weighted by molar-refractivity contribution is 1.03. The Hall–Kier alpha value is 0.530. The van der Waals surface area contributed by atoms with Crippen molar-refractivity contribution in [2.75, 3.05) is 0 Å². The first-order chi connectivity index (χ1) is 5.15. The lowest BCUT2D eigenvalue weighted by atomic mass is 10.1. The third kappa shape index (κ3) is 4.85. The molecule has 0 aliphatic heterocycles. The molecule has 0 aromatic heterocycles. The predicted octanol–water partition coefficient (Wildman–Crippen LogP) is 3.79. The topological polar surface area (TPSA) is 26.0 Å². The minimum atomic E-state index is 0. The predicted molar refractivity (Wildman–Crippen MR) is 73.3 cm³/mol. The van der Waals surface area contributed by atoms with E-state index in [9.17, 15) is 0 Å². The highest BCUT2D eigenvalue weighted by Crippen LogP contribution is 2.21. The van der Waals surface area contributed by atoms with Gasteiger partial charge in [0.25, 0.3) is 0 Å². The molecule has 0 bridgehead atoms. The van der Waals surface area contributed by atoms with Crippen molar-refractivity contribution in [3.8, 4) is 0 Å². The summed E-state index contributed by atoms with van der Waals surface area (Å²) in [7, 11) is 0. The van der Waals surface area contributed by atoms with Crippen LogP contribution < -0.4 is 5.73 Å². The fourth-order valence-corrected chi connectivity index (χ4v) is 2.04. The molecule has 0 aliphatic carbocycles. The first-order valence-corrected chi connectivity index (χ1v) is 4.40. The zero-order valence-corrected chi connectivity index (χ0v) is 12.1. The van der Waals surface area contributed by atoms with Crippen LogP contribution in [0.15, 0.2) is 16.6 Å². The van der Waals surface area contributed by atoms with Crippen molar-refractivity contribution >= 4 is 53.2 Å². The molecule has 0 spiro atoms. The van der Waals surface area contributed by atoms with Crippen molar-refractivity contribution in [1.29, 1.82) is 0 Å². The van der Waals surface area contributed by atoms with Gasteiger partial charge in [-0.25, -0.2) is 0 Å². The van der Waals surface area contributed by atoms with Crippen LogP contribution >= 0.6 is 53.2 Å². The van der Waals surface area contributed by atoms with Crippen LogP contribution in [0.25, 0.3) is 0 Å². The van der Waals surface area contributed by atoms with Gasteiger partial charge >= 0.3 is 0 Å². The summed E-state index contributed by atoms with van der Waals surface area (Å²) in [6, 6.07) is 4.24. The van der Waals surface area contributed by atoms with Crippen LogP contribution in [0.2, 0.25) is 0 Å². The molecule has 2 N–H and O–H groups in total. The molecule has 5 heteroatoms. The Balaban J connectivity index is -0.000000403. The second kappa shape index (κ2) is 8.81. The molecule has 0 amide bonds. The summed E-state index contributed by atoms with van der Waals surface area (Å²) >= 11 is 3.48. The van der Waals surface area contributed by atoms with Gasteiger partial charge in [-0.1, -0.05) is 22.0 Å². The zero-order valence-electron chi connectivity index (χ0n) is 8.04. The molecule has 0 saturated heterocycles. The Morgan fingerprint density at radius 1 is 1.14 bits per heavy atom. The molecule has 1 nitrogen and oxygen atoms in total. The Morgan fingerprint density at radius 2 is 1.64 bits per heavy atom. The van der Waals surface area contributed by atoms with E-state index in [1.165, 1.54) is 16.7 Å². The maximum absolute atomic E-state index is 5.57. The van der Waals surface area contributed by atoms with E-state index in [1.54, 1.807) is 0 Å². The average molecular weight is 323 g/mol. The van der Waals surface area contributed by atoms with Crippen molar-refractivity contribution in [2.24, 2.45) is 5.73 Å². The van der Waals surface area contributed by atoms with E-state index < -0.39 is 0 Å². The molecule has 0 radical (unpaired) electrons. The van der Waals surface area contributed by atoms with Crippen LogP contribution in [0.4, 0.5) is 0 Å². The van der Waals surface area contributed by atoms with Gasteiger partial charge in [-0.05, 0) is 36.6 Å². The molecule has 0 heterocycles. The Kier molecular flexibility index (Phi) is 12.6. The number of rotatable bonds is 1. The van der Waals surface area contributed by atoms with Gasteiger partial charge in [0.05, 0.1) is 0 Å². The van der Waals surface area contributed by atoms with Gasteiger partial charge in [0.2, 0.25) is 0 Å². The SMILES string of the molecule is Cc1cc(C)c(CN)c(Br)c1.Cl.Cl.Cl. The molecular weight excluding hydrogens is 308 g/mol. The number of aryl methyl sites for hydroxylation is 2. The number of hydrogen-bond donors (Lipinski definition) is 1. The van der Waals surface area contributed by atoms with E-state index in [-0.39, 0.29) is 37.2 Å². The second-order valence-corrected chi connectivity index (χ2v) is 3.60. The van der Waals surface area contributed by atoms with Crippen molar-refractivity contribution < 1.29 is 0 Å². The Labute approximate surface area is 112 Å². The van der Waals surface area contributed by atoms with E-state index >= 15 is 0 Å². The summed E-state index contributed by atoms with van der Waals surface area (Å²) < 4.78 is 1.12. The third-order valence-electron chi connectivity index (χ3n) is 1.77. The average Bonchev–Trinajstić information content (AvgIpc) is 1.85. The first-order valence-electron chi connectivity index (χ1n) is 3.61. The van der Waals surface area contributed by atoms with E-state index in [0.717, 1.165) is 4.47 Å². The summed E-state index contributed by atoms with van der Waals surface area (Å²) in [5.74, 6) is 0. The fraction of sp³-hybridized carbons (Fsp3) is 0.333. The van der Waals surface area contributed by atoms with Crippen molar-refractivity contribution in [3.63, 3.8) is 0 Å². The van der Waals surface area contributed by atoms with Gasteiger partial charge in [-0.3, -0.25) is 0 Å². The van der Waals surface area contributed by atoms with Crippen LogP contribution in [-0.4, -0.2) is 0 Å². The van der Waals surface area contributed by atoms with Crippen LogP contribution in [-0.2, 0) is 6.54 Å². The summed E-state index contributed by atoms with van der Waals surface area (Å²) in [5.41, 5.74) is 9.31. The maximum Gasteiger partial charge on any atom is 0.0225 e. The second-order valence-electron chi connectivity index (χ2n) is 2.75. The molecule has 1 aromatic rings. The summed E-state index contributed by atoms with van der Waals surface area (Å²) in [4.78, 5) is 0. The van der Waals surface area contributed by atoms with Crippen LogP contribution in [0.1, 0.15) is 16.7 Å². The molecule has 14 heavy (non-hydrogen) atoms. The molecule has 1 rings (SSSR count). The molecule has 0 saturated carbocycles. The van der Waals surface area contributed by atoms with E-state index in [0.29, 0.717) is 6.54 Å². The van der Waals surface area contributed by atoms with E-state index in [1.807, 2.05) is 0 Å². The minimum absolute atomic E-state index is 0. The van der Waals surface area contributed by atoms with Gasteiger partial charge in [0.1, 0.15) is 0 Å². The van der Waals surface area contributed by atoms with E-state index in [2.05, 4.69) is 41.9 Å². The monoisotopic (exact) mass is 321 g/mol. The minimum Gasteiger partial charge on any atom is -0.326 e. The summed E-state index contributed by atoms with van der Waals surface area (Å²) in [6.45, 7) is 4.77. The Bertz CT molecular complexity index is 256. The molecule has 0 fully saturated rings. The number of halogens is 4. The maximum atomic E-state index is 5.57. The molecule has 0 unspecified atom stereocenters. The van der Waals surface area contributed by atoms with Gasteiger partial charge in [-0.15, -0.1) is 37.2 Å². The lowest BCUT2D eigenvalue weighted by Crippen LogP contribution is -2.00. The lowest BCUT2D eigenvalue weighted by Gasteiger charge is -2.06. The van der Waals surface area contributed by atoms with Gasteiger partial charge in [-0.2, -0.15) is 0 Å². The molecule has 1 aromatic carbocycles. The quantitative estimate of drug-likeness (QED) is 0.836. The highest BCUT2D eigenvalue weighted by atomic mass is 79.9. The van der Waals surface area contributed by atoms with Crippen molar-refractivity contribution in [1.82, 2.24) is 0 Å². The number of hydrogen-bond acceptors (Lipinski definition) is 1. The largest absolute Gasteiger partial charge is 0.326 e. The standard InChI is InChI=1S/C9H12BrN.3ClH/c1-6-3-7(2)8(5-11)9(10)4-6;;;/h3-4H,5,11H2,1-2H3;3*1H. The van der Waals surface area contributed by atoms with Crippen LogP contribution in [0.3, 0.4) is 0 Å². The zero-order chi connectivity index (χ0) is 8.43. The van der Waals surface area contributed by atoms with Crippen LogP contribution in [0.5, 0.6) is 0 Å². The fourth-order valence-electron chi connectivity index (χ4n) is 1.20. The van der Waals surface area contributed by atoms with E-state index in [4.69, 9.17) is 5.73 Å². The normalized spacial score (nSPS) is 8.00. The number of nitrogens with two attached hydrogens (primary N) is 1. The number of benzene rings is 1. The third-order valence-corrected chi connectivity index (χ3v) is 2.47. The summed E-state index contributed by atoms with van der Waals surface area (Å²) in [6.07, 6.45) is 0. The summed E-state index contributed by atoms with van der Waals surface area (Å²) in [5, 5.41) is 0. The highest BCUT2D eigenvalue weighted by Gasteiger charge is 2.01. The van der Waals surface area contributed by atoms with Gasteiger partial charge in [0, 0.05) is 11.0 Å². The molecular formula is C9H15BrCl3N. The van der Waals surface area contributed by atoms with Gasteiger partial charge in [0.15, 0.2) is 0 Å². The van der Waals surface area contributed by atoms with Gasteiger partial charge < -0.3 is 5.73 Å². The van der Waals surface area contributed by atoms with Crippen molar-refractivity contribution in [3.05, 3.63) is 33.3 Å². The van der Waals surface area contributed by atoms with Crippen LogP contribution in [0, 0.1) is 13.8 Å². The first kappa shape index (κ1) is 20.0. The Morgan fingerprint density at radius 3 is 2.00 bits per heavy atom. The highest BCUT2D eigenvalue weighted by molar-refractivity contribution is 9.10. The van der Waals surface area contributed by atoms with Crippen molar-refractivity contribution in [2.45, 2.75) is 20.4 Å².